The third kappa shape index (κ3) is 2.91. The van der Waals surface area contributed by atoms with Crippen LogP contribution in [-0.2, 0) is 14.3 Å². The average Bonchev–Trinajstić information content (AvgIpc) is 3.20. The second-order valence-corrected chi connectivity index (χ2v) is 4.89. The first-order chi connectivity index (χ1) is 9.43. The number of carbonyl (C=O) groups is 3. The van der Waals surface area contributed by atoms with Gasteiger partial charge in [0, 0.05) is 5.02 Å². The second-order valence-electron chi connectivity index (χ2n) is 4.46. The van der Waals surface area contributed by atoms with Crippen molar-refractivity contribution in [1.29, 1.82) is 0 Å². The zero-order valence-electron chi connectivity index (χ0n) is 10.6. The van der Waals surface area contributed by atoms with Crippen LogP contribution in [0, 0.1) is 11.8 Å². The Bertz CT molecular complexity index is 586. The summed E-state index contributed by atoms with van der Waals surface area (Å²) in [6.45, 7) is 0. The Hall–Kier alpha value is -2.08. The van der Waals surface area contributed by atoms with Crippen LogP contribution >= 0.6 is 11.6 Å². The Morgan fingerprint density at radius 2 is 2.05 bits per heavy atom. The van der Waals surface area contributed by atoms with Gasteiger partial charge in [-0.1, -0.05) is 11.6 Å². The number of rotatable bonds is 4. The predicted octanol–water partition coefficient (Wildman–Crippen LogP) is 1.79. The molecule has 1 saturated carbocycles. The minimum Gasteiger partial charge on any atom is -0.481 e. The quantitative estimate of drug-likeness (QED) is 0.826. The second kappa shape index (κ2) is 5.50. The summed E-state index contributed by atoms with van der Waals surface area (Å²) < 4.78 is 4.61. The van der Waals surface area contributed by atoms with E-state index < -0.39 is 29.7 Å². The Morgan fingerprint density at radius 3 is 2.60 bits per heavy atom. The van der Waals surface area contributed by atoms with E-state index in [1.54, 1.807) is 0 Å². The summed E-state index contributed by atoms with van der Waals surface area (Å²) in [6, 6.07) is 4.38. The molecule has 0 spiro atoms. The maximum absolute atomic E-state index is 11.9. The lowest BCUT2D eigenvalue weighted by Crippen LogP contribution is -2.19. The van der Waals surface area contributed by atoms with Crippen molar-refractivity contribution in [2.45, 2.75) is 6.42 Å². The summed E-state index contributed by atoms with van der Waals surface area (Å²) in [4.78, 5) is 34.2. The van der Waals surface area contributed by atoms with Gasteiger partial charge in [-0.25, -0.2) is 4.79 Å². The number of methoxy groups -OCH3 is 1. The van der Waals surface area contributed by atoms with E-state index in [0.717, 1.165) is 0 Å². The molecule has 2 rings (SSSR count). The standard InChI is InChI=1S/C13H12ClNO5/c1-20-13(19)9-4-6(14)2-3-10(9)15-11(16)7-5-8(7)12(17)18/h2-4,7-8H,5H2,1H3,(H,15,16)(H,17,18)/t7-,8+/m1/s1. The lowest BCUT2D eigenvalue weighted by atomic mass is 10.1. The fourth-order valence-corrected chi connectivity index (χ4v) is 2.06. The van der Waals surface area contributed by atoms with Crippen LogP contribution in [0.2, 0.25) is 5.02 Å². The number of hydrogen-bond acceptors (Lipinski definition) is 4. The van der Waals surface area contributed by atoms with Gasteiger partial charge in [0.2, 0.25) is 5.91 Å². The molecule has 2 atom stereocenters. The van der Waals surface area contributed by atoms with Crippen LogP contribution in [0.5, 0.6) is 0 Å². The van der Waals surface area contributed by atoms with Gasteiger partial charge in [-0.15, -0.1) is 0 Å². The molecular weight excluding hydrogens is 286 g/mol. The molecule has 7 heteroatoms. The van der Waals surface area contributed by atoms with Gasteiger partial charge in [0.05, 0.1) is 30.2 Å². The van der Waals surface area contributed by atoms with Crippen molar-refractivity contribution in [3.05, 3.63) is 28.8 Å². The highest BCUT2D eigenvalue weighted by Crippen LogP contribution is 2.39. The first kappa shape index (κ1) is 14.3. The maximum atomic E-state index is 11.9. The van der Waals surface area contributed by atoms with Crippen LogP contribution in [-0.4, -0.2) is 30.1 Å². The van der Waals surface area contributed by atoms with E-state index in [2.05, 4.69) is 10.1 Å². The van der Waals surface area contributed by atoms with Crippen LogP contribution in [0.3, 0.4) is 0 Å². The van der Waals surface area contributed by atoms with E-state index in [0.29, 0.717) is 11.4 Å². The Morgan fingerprint density at radius 1 is 1.35 bits per heavy atom. The molecule has 6 nitrogen and oxygen atoms in total. The molecule has 0 aliphatic heterocycles. The van der Waals surface area contributed by atoms with Crippen LogP contribution in [0.4, 0.5) is 5.69 Å². The minimum absolute atomic E-state index is 0.126. The first-order valence-electron chi connectivity index (χ1n) is 5.85. The molecule has 1 aliphatic rings. The molecule has 1 amide bonds. The van der Waals surface area contributed by atoms with E-state index in [-0.39, 0.29) is 11.3 Å². The minimum atomic E-state index is -0.991. The fourth-order valence-electron chi connectivity index (χ4n) is 1.89. The third-order valence-electron chi connectivity index (χ3n) is 3.09. The van der Waals surface area contributed by atoms with Gasteiger partial charge in [-0.2, -0.15) is 0 Å². The number of carboxylic acid groups (broad SMARTS) is 1. The fraction of sp³-hybridized carbons (Fsp3) is 0.308. The van der Waals surface area contributed by atoms with Crippen molar-refractivity contribution >= 4 is 35.1 Å². The van der Waals surface area contributed by atoms with Gasteiger partial charge in [-0.3, -0.25) is 9.59 Å². The number of carbonyl (C=O) groups excluding carboxylic acids is 2. The number of hydrogen-bond donors (Lipinski definition) is 2. The summed E-state index contributed by atoms with van der Waals surface area (Å²) in [6.07, 6.45) is 0.308. The molecule has 1 aliphatic carbocycles. The molecule has 0 bridgehead atoms. The number of benzene rings is 1. The Kier molecular flexibility index (Phi) is 3.94. The van der Waals surface area contributed by atoms with Crippen molar-refractivity contribution in [1.82, 2.24) is 0 Å². The van der Waals surface area contributed by atoms with Gasteiger partial charge in [-0.05, 0) is 24.6 Å². The molecule has 0 aromatic heterocycles. The lowest BCUT2D eigenvalue weighted by Gasteiger charge is -2.10. The van der Waals surface area contributed by atoms with Crippen molar-refractivity contribution in [2.24, 2.45) is 11.8 Å². The number of halogens is 1. The Balaban J connectivity index is 2.15. The number of carboxylic acids is 1. The summed E-state index contributed by atoms with van der Waals surface area (Å²) >= 11 is 5.80. The van der Waals surface area contributed by atoms with Gasteiger partial charge in [0.25, 0.3) is 0 Å². The summed E-state index contributed by atoms with van der Waals surface area (Å²) in [5, 5.41) is 11.7. The van der Waals surface area contributed by atoms with Crippen molar-refractivity contribution in [3.8, 4) is 0 Å². The monoisotopic (exact) mass is 297 g/mol. The number of amides is 1. The zero-order valence-corrected chi connectivity index (χ0v) is 11.3. The predicted molar refractivity (Wildman–Crippen MR) is 70.7 cm³/mol. The number of aliphatic carboxylic acids is 1. The summed E-state index contributed by atoms with van der Waals surface area (Å²) in [5.41, 5.74) is 0.378. The molecule has 0 radical (unpaired) electrons. The molecule has 20 heavy (non-hydrogen) atoms. The molecular formula is C13H12ClNO5. The topological polar surface area (TPSA) is 92.7 Å². The molecule has 1 fully saturated rings. The van der Waals surface area contributed by atoms with Crippen molar-refractivity contribution in [2.75, 3.05) is 12.4 Å². The highest BCUT2D eigenvalue weighted by atomic mass is 35.5. The zero-order chi connectivity index (χ0) is 14.9. The summed E-state index contributed by atoms with van der Waals surface area (Å²) in [5.74, 6) is -3.26. The van der Waals surface area contributed by atoms with Gasteiger partial charge in [0.15, 0.2) is 0 Å². The Labute approximate surface area is 119 Å². The normalized spacial score (nSPS) is 20.1. The smallest absolute Gasteiger partial charge is 0.340 e. The molecule has 1 aromatic rings. The molecule has 0 heterocycles. The molecule has 106 valence electrons. The molecule has 1 aromatic carbocycles. The average molecular weight is 298 g/mol. The lowest BCUT2D eigenvalue weighted by molar-refractivity contribution is -0.139. The van der Waals surface area contributed by atoms with E-state index in [9.17, 15) is 14.4 Å². The first-order valence-corrected chi connectivity index (χ1v) is 6.23. The SMILES string of the molecule is COC(=O)c1cc(Cl)ccc1NC(=O)[C@@H]1C[C@@H]1C(=O)O. The molecule has 0 unspecified atom stereocenters. The maximum Gasteiger partial charge on any atom is 0.340 e. The number of esters is 1. The molecule has 2 N–H and O–H groups in total. The number of nitrogens with one attached hydrogen (secondary N) is 1. The van der Waals surface area contributed by atoms with E-state index in [1.807, 2.05) is 0 Å². The largest absolute Gasteiger partial charge is 0.481 e. The number of anilines is 1. The van der Waals surface area contributed by atoms with Crippen molar-refractivity contribution < 1.29 is 24.2 Å². The van der Waals surface area contributed by atoms with E-state index in [1.165, 1.54) is 25.3 Å². The van der Waals surface area contributed by atoms with Crippen LogP contribution in [0.1, 0.15) is 16.8 Å². The van der Waals surface area contributed by atoms with Crippen LogP contribution in [0.25, 0.3) is 0 Å². The van der Waals surface area contributed by atoms with Gasteiger partial charge >= 0.3 is 11.9 Å². The van der Waals surface area contributed by atoms with E-state index >= 15 is 0 Å². The van der Waals surface area contributed by atoms with Crippen LogP contribution < -0.4 is 5.32 Å². The van der Waals surface area contributed by atoms with Crippen molar-refractivity contribution in [3.63, 3.8) is 0 Å². The summed E-state index contributed by atoms with van der Waals surface area (Å²) in [7, 11) is 1.22. The van der Waals surface area contributed by atoms with Gasteiger partial charge in [0.1, 0.15) is 0 Å². The number of ether oxygens (including phenoxy) is 1. The highest BCUT2D eigenvalue weighted by molar-refractivity contribution is 6.31. The van der Waals surface area contributed by atoms with Crippen LogP contribution in [0.15, 0.2) is 18.2 Å². The van der Waals surface area contributed by atoms with E-state index in [4.69, 9.17) is 16.7 Å². The third-order valence-corrected chi connectivity index (χ3v) is 3.32. The van der Waals surface area contributed by atoms with Gasteiger partial charge < -0.3 is 15.2 Å². The molecule has 0 saturated heterocycles. The highest BCUT2D eigenvalue weighted by Gasteiger charge is 2.48.